The number of aromatic nitrogens is 2. The highest BCUT2D eigenvalue weighted by Gasteiger charge is 2.27. The number of nitrogens with two attached hydrogens (primary N) is 1. The smallest absolute Gasteiger partial charge is 0.150 e. The van der Waals surface area contributed by atoms with E-state index in [4.69, 9.17) is 17.3 Å². The van der Waals surface area contributed by atoms with Crippen LogP contribution in [0.25, 0.3) is 0 Å². The number of rotatable bonds is 4. The monoisotopic (exact) mass is 226 g/mol. The van der Waals surface area contributed by atoms with Gasteiger partial charge in [-0.3, -0.25) is 0 Å². The van der Waals surface area contributed by atoms with Crippen LogP contribution in [-0.2, 0) is 0 Å². The van der Waals surface area contributed by atoms with Gasteiger partial charge in [-0.15, -0.1) is 0 Å². The Kier molecular flexibility index (Phi) is 2.95. The third kappa shape index (κ3) is 2.50. The molecule has 2 rings (SSSR count). The molecule has 1 heterocycles. The summed E-state index contributed by atoms with van der Waals surface area (Å²) in [6.45, 7) is 3.13. The van der Waals surface area contributed by atoms with E-state index in [-0.39, 0.29) is 0 Å². The summed E-state index contributed by atoms with van der Waals surface area (Å²) in [4.78, 5) is 7.87. The van der Waals surface area contributed by atoms with E-state index < -0.39 is 0 Å². The van der Waals surface area contributed by atoms with Gasteiger partial charge in [0.2, 0.25) is 0 Å². The average molecular weight is 227 g/mol. The zero-order valence-electron chi connectivity index (χ0n) is 8.70. The van der Waals surface area contributed by atoms with Gasteiger partial charge in [-0.25, -0.2) is 9.97 Å². The van der Waals surface area contributed by atoms with Crippen molar-refractivity contribution >= 4 is 23.2 Å². The van der Waals surface area contributed by atoms with Crippen LogP contribution in [0.15, 0.2) is 6.33 Å². The Hall–Kier alpha value is -1.03. The average Bonchev–Trinajstić information content (AvgIpc) is 3.03. The van der Waals surface area contributed by atoms with Crippen molar-refractivity contribution in [1.82, 2.24) is 9.97 Å². The van der Waals surface area contributed by atoms with Crippen LogP contribution in [-0.4, -0.2) is 16.5 Å². The summed E-state index contributed by atoms with van der Waals surface area (Å²) >= 11 is 5.96. The molecule has 1 unspecified atom stereocenters. The molecule has 5 heteroatoms. The van der Waals surface area contributed by atoms with Gasteiger partial charge in [0.15, 0.2) is 0 Å². The molecular weight excluding hydrogens is 212 g/mol. The normalized spacial score (nSPS) is 17.5. The maximum absolute atomic E-state index is 5.96. The molecule has 15 heavy (non-hydrogen) atoms. The van der Waals surface area contributed by atoms with E-state index in [0.29, 0.717) is 22.6 Å². The summed E-state index contributed by atoms with van der Waals surface area (Å²) < 4.78 is 0. The maximum atomic E-state index is 5.96. The summed E-state index contributed by atoms with van der Waals surface area (Å²) in [6.07, 6.45) is 4.12. The molecule has 1 aliphatic rings. The zero-order valence-corrected chi connectivity index (χ0v) is 9.46. The molecule has 1 fully saturated rings. The summed E-state index contributed by atoms with van der Waals surface area (Å²) in [5.41, 5.74) is 5.58. The summed E-state index contributed by atoms with van der Waals surface area (Å²) in [7, 11) is 0. The lowest BCUT2D eigenvalue weighted by Crippen LogP contribution is -2.14. The first-order chi connectivity index (χ1) is 7.18. The minimum atomic E-state index is 0.327. The quantitative estimate of drug-likeness (QED) is 0.826. The Bertz CT molecular complexity index is 351. The van der Waals surface area contributed by atoms with Crippen molar-refractivity contribution in [3.05, 3.63) is 11.3 Å². The highest BCUT2D eigenvalue weighted by atomic mass is 35.5. The lowest BCUT2D eigenvalue weighted by molar-refractivity contribution is 0.536. The van der Waals surface area contributed by atoms with E-state index in [1.165, 1.54) is 19.2 Å². The number of hydrogen-bond donors (Lipinski definition) is 2. The summed E-state index contributed by atoms with van der Waals surface area (Å²) in [6, 6.07) is 0. The molecule has 0 aromatic carbocycles. The van der Waals surface area contributed by atoms with E-state index in [2.05, 4.69) is 22.2 Å². The van der Waals surface area contributed by atoms with E-state index >= 15 is 0 Å². The Morgan fingerprint density at radius 1 is 1.60 bits per heavy atom. The van der Waals surface area contributed by atoms with Crippen LogP contribution in [0.4, 0.5) is 11.6 Å². The van der Waals surface area contributed by atoms with Crippen molar-refractivity contribution < 1.29 is 0 Å². The van der Waals surface area contributed by atoms with Crippen molar-refractivity contribution in [1.29, 1.82) is 0 Å². The lowest BCUT2D eigenvalue weighted by atomic mass is 10.1. The molecule has 1 aromatic heterocycles. The molecule has 1 aromatic rings. The Balaban J connectivity index is 1.95. The molecule has 4 nitrogen and oxygen atoms in total. The molecule has 0 amide bonds. The summed E-state index contributed by atoms with van der Waals surface area (Å²) in [5.74, 6) is 2.50. The van der Waals surface area contributed by atoms with Crippen LogP contribution in [0.5, 0.6) is 0 Å². The Labute approximate surface area is 94.2 Å². The van der Waals surface area contributed by atoms with E-state index in [9.17, 15) is 0 Å². The van der Waals surface area contributed by atoms with E-state index in [0.717, 1.165) is 12.5 Å². The van der Waals surface area contributed by atoms with E-state index in [1.54, 1.807) is 0 Å². The molecule has 0 spiro atoms. The number of nitrogens with zero attached hydrogens (tertiary/aromatic N) is 2. The van der Waals surface area contributed by atoms with E-state index in [1.807, 2.05) is 0 Å². The van der Waals surface area contributed by atoms with Gasteiger partial charge < -0.3 is 11.1 Å². The van der Waals surface area contributed by atoms with Crippen LogP contribution in [0.2, 0.25) is 5.02 Å². The minimum Gasteiger partial charge on any atom is -0.382 e. The molecular formula is C10H15ClN4. The van der Waals surface area contributed by atoms with Crippen molar-refractivity contribution in [2.45, 2.75) is 19.8 Å². The molecule has 0 aliphatic heterocycles. The standard InChI is InChI=1S/C10H15ClN4/c1-6(7-2-3-7)4-13-10-8(11)9(12)14-5-15-10/h5-7H,2-4H2,1H3,(H3,12,13,14,15). The first-order valence-corrected chi connectivity index (χ1v) is 5.56. The minimum absolute atomic E-state index is 0.327. The fourth-order valence-electron chi connectivity index (χ4n) is 1.60. The topological polar surface area (TPSA) is 63.8 Å². The van der Waals surface area contributed by atoms with Gasteiger partial charge in [0.1, 0.15) is 23.0 Å². The third-order valence-corrected chi connectivity index (χ3v) is 3.21. The first-order valence-electron chi connectivity index (χ1n) is 5.18. The second kappa shape index (κ2) is 4.23. The van der Waals surface area contributed by atoms with Gasteiger partial charge in [0.05, 0.1) is 0 Å². The molecule has 0 bridgehead atoms. The second-order valence-corrected chi connectivity index (χ2v) is 4.50. The largest absolute Gasteiger partial charge is 0.382 e. The SMILES string of the molecule is CC(CNc1ncnc(N)c1Cl)C1CC1. The van der Waals surface area contributed by atoms with Crippen LogP contribution in [0.3, 0.4) is 0 Å². The number of hydrogen-bond acceptors (Lipinski definition) is 4. The van der Waals surface area contributed by atoms with Crippen LogP contribution in [0, 0.1) is 11.8 Å². The van der Waals surface area contributed by atoms with Crippen molar-refractivity contribution in [2.24, 2.45) is 11.8 Å². The van der Waals surface area contributed by atoms with Crippen LogP contribution in [0.1, 0.15) is 19.8 Å². The molecule has 1 atom stereocenters. The van der Waals surface area contributed by atoms with Gasteiger partial charge in [-0.1, -0.05) is 18.5 Å². The second-order valence-electron chi connectivity index (χ2n) is 4.12. The predicted molar refractivity (Wildman–Crippen MR) is 61.8 cm³/mol. The third-order valence-electron chi connectivity index (χ3n) is 2.83. The molecule has 3 N–H and O–H groups in total. The highest BCUT2D eigenvalue weighted by Crippen LogP contribution is 2.36. The molecule has 1 saturated carbocycles. The van der Waals surface area contributed by atoms with Crippen molar-refractivity contribution in [3.63, 3.8) is 0 Å². The first kappa shape index (κ1) is 10.5. The van der Waals surface area contributed by atoms with Crippen LogP contribution >= 0.6 is 11.6 Å². The molecule has 82 valence electrons. The number of anilines is 2. The predicted octanol–water partition coefficient (Wildman–Crippen LogP) is 2.17. The van der Waals surface area contributed by atoms with Gasteiger partial charge >= 0.3 is 0 Å². The zero-order chi connectivity index (χ0) is 10.8. The lowest BCUT2D eigenvalue weighted by Gasteiger charge is -2.12. The summed E-state index contributed by atoms with van der Waals surface area (Å²) in [5, 5.41) is 3.63. The Morgan fingerprint density at radius 2 is 2.33 bits per heavy atom. The van der Waals surface area contributed by atoms with Crippen molar-refractivity contribution in [2.75, 3.05) is 17.6 Å². The number of nitrogens with one attached hydrogen (secondary N) is 1. The van der Waals surface area contributed by atoms with Gasteiger partial charge in [0, 0.05) is 6.54 Å². The molecule has 0 saturated heterocycles. The fraction of sp³-hybridized carbons (Fsp3) is 0.600. The van der Waals surface area contributed by atoms with Gasteiger partial charge in [-0.2, -0.15) is 0 Å². The van der Waals surface area contributed by atoms with Gasteiger partial charge in [0.25, 0.3) is 0 Å². The maximum Gasteiger partial charge on any atom is 0.150 e. The Morgan fingerprint density at radius 3 is 3.00 bits per heavy atom. The molecule has 0 radical (unpaired) electrons. The van der Waals surface area contributed by atoms with Crippen LogP contribution < -0.4 is 11.1 Å². The van der Waals surface area contributed by atoms with Crippen molar-refractivity contribution in [3.8, 4) is 0 Å². The fourth-order valence-corrected chi connectivity index (χ4v) is 1.76. The highest BCUT2D eigenvalue weighted by molar-refractivity contribution is 6.35. The number of halogens is 1. The van der Waals surface area contributed by atoms with Gasteiger partial charge in [-0.05, 0) is 24.7 Å². The molecule has 1 aliphatic carbocycles. The number of nitrogen functional groups attached to an aromatic ring is 1.